The molecule has 1 nitrogen and oxygen atoms in total. The van der Waals surface area contributed by atoms with Gasteiger partial charge in [-0.2, -0.15) is 0 Å². The highest BCUT2D eigenvalue weighted by Gasteiger charge is 2.64. The van der Waals surface area contributed by atoms with Gasteiger partial charge in [-0.1, -0.05) is 52.0 Å². The van der Waals surface area contributed by atoms with Gasteiger partial charge < -0.3 is 5.32 Å². The molecule has 98 valence electrons. The fourth-order valence-electron chi connectivity index (χ4n) is 3.25. The van der Waals surface area contributed by atoms with Crippen molar-refractivity contribution in [3.63, 3.8) is 0 Å². The zero-order valence-electron chi connectivity index (χ0n) is 12.1. The van der Waals surface area contributed by atoms with Crippen LogP contribution in [0.2, 0.25) is 0 Å². The fraction of sp³-hybridized carbons (Fsp3) is 0.647. The molecule has 1 aromatic carbocycles. The lowest BCUT2D eigenvalue weighted by Crippen LogP contribution is -2.21. The second-order valence-electron chi connectivity index (χ2n) is 7.27. The van der Waals surface area contributed by atoms with Crippen molar-refractivity contribution in [1.29, 1.82) is 0 Å². The maximum Gasteiger partial charge on any atom is 0.0208 e. The third kappa shape index (κ3) is 1.89. The van der Waals surface area contributed by atoms with Gasteiger partial charge in [0.2, 0.25) is 0 Å². The van der Waals surface area contributed by atoms with Gasteiger partial charge in [0.15, 0.2) is 0 Å². The van der Waals surface area contributed by atoms with Crippen LogP contribution in [-0.2, 0) is 6.54 Å². The smallest absolute Gasteiger partial charge is 0.0208 e. The third-order valence-electron chi connectivity index (χ3n) is 5.56. The molecule has 1 aromatic rings. The Morgan fingerprint density at radius 3 is 2.00 bits per heavy atom. The molecule has 0 unspecified atom stereocenters. The molecule has 18 heavy (non-hydrogen) atoms. The van der Waals surface area contributed by atoms with Crippen LogP contribution < -0.4 is 5.32 Å². The Kier molecular flexibility index (Phi) is 2.60. The second kappa shape index (κ2) is 3.84. The number of nitrogens with one attached hydrogen (secondary N) is 1. The molecule has 0 heterocycles. The topological polar surface area (TPSA) is 12.0 Å². The Hall–Kier alpha value is -0.820. The van der Waals surface area contributed by atoms with E-state index in [1.54, 1.807) is 0 Å². The molecule has 2 fully saturated rings. The summed E-state index contributed by atoms with van der Waals surface area (Å²) in [6, 6.07) is 9.87. The summed E-state index contributed by atoms with van der Waals surface area (Å²) in [5.41, 5.74) is 3.81. The standard InChI is InChI=1S/C17H25N/c1-16(2)15(17(16,3)4)18-11-12-5-7-13(8-6-12)14-9-10-14/h5-8,14-15,18H,9-11H2,1-4H3. The predicted octanol–water partition coefficient (Wildman–Crippen LogP) is 4.09. The molecule has 2 aliphatic rings. The van der Waals surface area contributed by atoms with E-state index in [-0.39, 0.29) is 0 Å². The molecule has 0 spiro atoms. The van der Waals surface area contributed by atoms with E-state index in [1.807, 2.05) is 0 Å². The van der Waals surface area contributed by atoms with Crippen molar-refractivity contribution in [1.82, 2.24) is 5.32 Å². The van der Waals surface area contributed by atoms with Crippen LogP contribution in [-0.4, -0.2) is 6.04 Å². The molecule has 2 saturated carbocycles. The van der Waals surface area contributed by atoms with Gasteiger partial charge in [-0.05, 0) is 40.7 Å². The molecule has 1 N–H and O–H groups in total. The molecule has 0 atom stereocenters. The van der Waals surface area contributed by atoms with Gasteiger partial charge >= 0.3 is 0 Å². The van der Waals surface area contributed by atoms with Crippen LogP contribution in [0.4, 0.5) is 0 Å². The third-order valence-corrected chi connectivity index (χ3v) is 5.56. The lowest BCUT2D eigenvalue weighted by Gasteiger charge is -2.07. The predicted molar refractivity (Wildman–Crippen MR) is 76.6 cm³/mol. The first-order valence-electron chi connectivity index (χ1n) is 7.25. The molecule has 0 aliphatic heterocycles. The SMILES string of the molecule is CC1(C)C(NCc2ccc(C3CC3)cc2)C1(C)C. The first-order valence-corrected chi connectivity index (χ1v) is 7.25. The van der Waals surface area contributed by atoms with Gasteiger partial charge in [0, 0.05) is 12.6 Å². The molecular formula is C17H25N. The van der Waals surface area contributed by atoms with Gasteiger partial charge in [-0.3, -0.25) is 0 Å². The average molecular weight is 243 g/mol. The molecule has 1 heteroatoms. The normalized spacial score (nSPS) is 25.1. The Balaban J connectivity index is 1.57. The largest absolute Gasteiger partial charge is 0.309 e. The first-order chi connectivity index (χ1) is 8.43. The van der Waals surface area contributed by atoms with Crippen molar-refractivity contribution in [3.8, 4) is 0 Å². The van der Waals surface area contributed by atoms with E-state index in [0.29, 0.717) is 16.9 Å². The lowest BCUT2D eigenvalue weighted by atomic mass is 10.0. The maximum absolute atomic E-state index is 3.72. The number of benzene rings is 1. The summed E-state index contributed by atoms with van der Waals surface area (Å²) in [4.78, 5) is 0. The maximum atomic E-state index is 3.72. The van der Waals surface area contributed by atoms with E-state index < -0.39 is 0 Å². The summed E-state index contributed by atoms with van der Waals surface area (Å²) in [5.74, 6) is 0.869. The molecule has 0 aromatic heterocycles. The van der Waals surface area contributed by atoms with Crippen molar-refractivity contribution in [2.45, 2.75) is 59.0 Å². The van der Waals surface area contributed by atoms with Gasteiger partial charge in [-0.15, -0.1) is 0 Å². The van der Waals surface area contributed by atoms with Gasteiger partial charge in [-0.25, -0.2) is 0 Å². The van der Waals surface area contributed by atoms with Crippen LogP contribution in [0, 0.1) is 10.8 Å². The van der Waals surface area contributed by atoms with Crippen LogP contribution in [0.5, 0.6) is 0 Å². The number of hydrogen-bond acceptors (Lipinski definition) is 1. The van der Waals surface area contributed by atoms with Crippen LogP contribution in [0.15, 0.2) is 24.3 Å². The van der Waals surface area contributed by atoms with Crippen LogP contribution in [0.1, 0.15) is 57.6 Å². The van der Waals surface area contributed by atoms with Crippen molar-refractivity contribution in [2.24, 2.45) is 10.8 Å². The Labute approximate surface area is 111 Å². The van der Waals surface area contributed by atoms with Crippen LogP contribution >= 0.6 is 0 Å². The highest BCUT2D eigenvalue weighted by Crippen LogP contribution is 2.62. The van der Waals surface area contributed by atoms with Crippen molar-refractivity contribution in [3.05, 3.63) is 35.4 Å². The van der Waals surface area contributed by atoms with Crippen molar-refractivity contribution < 1.29 is 0 Å². The molecule has 0 bridgehead atoms. The minimum Gasteiger partial charge on any atom is -0.309 e. The Morgan fingerprint density at radius 1 is 1.00 bits per heavy atom. The highest BCUT2D eigenvalue weighted by molar-refractivity contribution is 5.28. The van der Waals surface area contributed by atoms with Crippen LogP contribution in [0.25, 0.3) is 0 Å². The summed E-state index contributed by atoms with van der Waals surface area (Å²) in [7, 11) is 0. The van der Waals surface area contributed by atoms with Gasteiger partial charge in [0.05, 0.1) is 0 Å². The van der Waals surface area contributed by atoms with E-state index in [9.17, 15) is 0 Å². The van der Waals surface area contributed by atoms with Crippen LogP contribution in [0.3, 0.4) is 0 Å². The van der Waals surface area contributed by atoms with E-state index in [4.69, 9.17) is 0 Å². The van der Waals surface area contributed by atoms with Gasteiger partial charge in [0.25, 0.3) is 0 Å². The van der Waals surface area contributed by atoms with E-state index in [0.717, 1.165) is 12.5 Å². The van der Waals surface area contributed by atoms with E-state index >= 15 is 0 Å². The summed E-state index contributed by atoms with van der Waals surface area (Å²) in [5, 5.41) is 3.72. The Morgan fingerprint density at radius 2 is 1.56 bits per heavy atom. The molecule has 3 rings (SSSR count). The highest BCUT2D eigenvalue weighted by atomic mass is 15.0. The summed E-state index contributed by atoms with van der Waals surface area (Å²) in [6.07, 6.45) is 2.78. The molecule has 0 saturated heterocycles. The molecule has 0 radical (unpaired) electrons. The fourth-order valence-corrected chi connectivity index (χ4v) is 3.25. The zero-order valence-corrected chi connectivity index (χ0v) is 12.1. The van der Waals surface area contributed by atoms with E-state index in [1.165, 1.54) is 24.0 Å². The van der Waals surface area contributed by atoms with Crippen molar-refractivity contribution >= 4 is 0 Å². The molecule has 0 amide bonds. The minimum absolute atomic E-state index is 0.432. The lowest BCUT2D eigenvalue weighted by molar-refractivity contribution is 0.457. The molecular weight excluding hydrogens is 218 g/mol. The summed E-state index contributed by atoms with van der Waals surface area (Å²) in [6.45, 7) is 10.5. The van der Waals surface area contributed by atoms with Crippen molar-refractivity contribution in [2.75, 3.05) is 0 Å². The average Bonchev–Trinajstić information content (AvgIpc) is 3.19. The first kappa shape index (κ1) is 12.2. The minimum atomic E-state index is 0.432. The summed E-state index contributed by atoms with van der Waals surface area (Å²) >= 11 is 0. The summed E-state index contributed by atoms with van der Waals surface area (Å²) < 4.78 is 0. The number of rotatable bonds is 4. The van der Waals surface area contributed by atoms with Gasteiger partial charge in [0.1, 0.15) is 0 Å². The Bertz CT molecular complexity index is 423. The quantitative estimate of drug-likeness (QED) is 0.840. The zero-order chi connectivity index (χ0) is 13.0. The second-order valence-corrected chi connectivity index (χ2v) is 7.27. The number of hydrogen-bond donors (Lipinski definition) is 1. The molecule has 2 aliphatic carbocycles. The monoisotopic (exact) mass is 243 g/mol. The van der Waals surface area contributed by atoms with E-state index in [2.05, 4.69) is 57.3 Å².